The first-order chi connectivity index (χ1) is 53.4. The summed E-state index contributed by atoms with van der Waals surface area (Å²) in [5.74, 6) is 5.09. The van der Waals surface area contributed by atoms with Crippen LogP contribution in [0.25, 0.3) is 0 Å². The second kappa shape index (κ2) is 30.7. The molecule has 0 saturated heterocycles. The van der Waals surface area contributed by atoms with E-state index in [-0.39, 0.29) is 78.8 Å². The summed E-state index contributed by atoms with van der Waals surface area (Å²) in [6.07, 6.45) is 35.2. The molecule has 10 unspecified atom stereocenters. The van der Waals surface area contributed by atoms with Crippen LogP contribution in [0.4, 0.5) is 0 Å². The molecule has 16 nitrogen and oxygen atoms in total. The van der Waals surface area contributed by atoms with Gasteiger partial charge in [-0.15, -0.1) is 0 Å². The first-order valence-electron chi connectivity index (χ1n) is 47.8. The Labute approximate surface area is 716 Å². The molecule has 20 aliphatic carbocycles. The summed E-state index contributed by atoms with van der Waals surface area (Å²) in [7, 11) is 0. The fourth-order valence-corrected chi connectivity index (χ4v) is 29.6. The maximum absolute atomic E-state index is 13.0. The highest BCUT2D eigenvalue weighted by Gasteiger charge is 2.75. The zero-order chi connectivity index (χ0) is 88.6. The van der Waals surface area contributed by atoms with Crippen molar-refractivity contribution in [3.8, 4) is 0 Å². The molecule has 20 bridgehead atoms. The molecule has 0 aliphatic heterocycles. The molecular weight excluding hydrogens is 1480 g/mol. The minimum absolute atomic E-state index is 0.0105. The minimum atomic E-state index is -0.836. The van der Waals surface area contributed by atoms with Crippen LogP contribution in [0.2, 0.25) is 0 Å². The van der Waals surface area contributed by atoms with Crippen LogP contribution in [0.5, 0.6) is 0 Å². The maximum atomic E-state index is 13.0. The van der Waals surface area contributed by atoms with Crippen molar-refractivity contribution in [1.29, 1.82) is 0 Å². The van der Waals surface area contributed by atoms with Gasteiger partial charge in [0, 0.05) is 45.5 Å². The SMILES string of the molecule is CCC(C)(C)C(=O)OC(C)(C)C12CC3CC(C(C)(C)O)(CC(C(C)(C)O)(C3)C1)C2.CCC(C)(C)C(=O)OC(C)(C)C12CC3CC(CC(C(C)(C)O)(C3)C1)C2.CCC(C)(C)C(=O)OC(C)(C)C12CC3CC(CC(CO)(C3)C1)C2.CCC(C)(C)C(=O)OC(C)(C)C12CC3CC(CC(O)(C3)C1)C2.CCC(C)(C)C(=O)OC12CC3CC(CC(O)(C3)C1)C2. The number of hydrogen-bond acceptors (Lipinski definition) is 16. The van der Waals surface area contributed by atoms with Crippen LogP contribution >= 0.6 is 0 Å². The molecule has 20 fully saturated rings. The van der Waals surface area contributed by atoms with Gasteiger partial charge in [0.1, 0.15) is 28.0 Å². The number of esters is 5. The third-order valence-corrected chi connectivity index (χ3v) is 38.5. The fourth-order valence-electron chi connectivity index (χ4n) is 29.6. The number of carbonyl (C=O) groups is 5. The lowest BCUT2D eigenvalue weighted by molar-refractivity contribution is -0.295. The van der Waals surface area contributed by atoms with Crippen molar-refractivity contribution in [1.82, 2.24) is 0 Å². The second-order valence-electron chi connectivity index (χ2n) is 52.0. The highest BCUT2D eigenvalue weighted by atomic mass is 16.6. The molecular formula is C102H174O16. The first kappa shape index (κ1) is 95.8. The molecule has 20 aliphatic rings. The van der Waals surface area contributed by atoms with Gasteiger partial charge in [0.15, 0.2) is 0 Å². The normalized spacial score (nSPS) is 39.8. The Morgan fingerprint density at radius 2 is 0.500 bits per heavy atom. The molecule has 0 aromatic carbocycles. The van der Waals surface area contributed by atoms with E-state index in [0.717, 1.165) is 180 Å². The molecule has 10 atom stereocenters. The summed E-state index contributed by atoms with van der Waals surface area (Å²) in [6, 6.07) is 0. The maximum Gasteiger partial charge on any atom is 0.312 e. The van der Waals surface area contributed by atoms with E-state index in [0.29, 0.717) is 66.3 Å². The van der Waals surface area contributed by atoms with Crippen molar-refractivity contribution >= 4 is 29.8 Å². The Bertz CT molecular complexity index is 3600. The zero-order valence-corrected chi connectivity index (χ0v) is 80.4. The average Bonchev–Trinajstić information content (AvgIpc) is 0.669. The average molecular weight is 1660 g/mol. The van der Waals surface area contributed by atoms with Gasteiger partial charge >= 0.3 is 29.8 Å². The van der Waals surface area contributed by atoms with E-state index >= 15 is 0 Å². The van der Waals surface area contributed by atoms with E-state index in [4.69, 9.17) is 23.7 Å². The van der Waals surface area contributed by atoms with E-state index in [1.54, 1.807) is 0 Å². The van der Waals surface area contributed by atoms with Crippen LogP contribution in [0.15, 0.2) is 0 Å². The van der Waals surface area contributed by atoms with E-state index in [1.165, 1.54) is 38.5 Å². The van der Waals surface area contributed by atoms with Crippen LogP contribution in [-0.2, 0) is 47.7 Å². The fraction of sp³-hybridized carbons (Fsp3) is 0.951. The van der Waals surface area contributed by atoms with E-state index < -0.39 is 77.5 Å². The zero-order valence-electron chi connectivity index (χ0n) is 80.4. The molecule has 0 aromatic heterocycles. The quantitative estimate of drug-likeness (QED) is 0.0411. The summed E-state index contributed by atoms with van der Waals surface area (Å²) in [4.78, 5) is 63.5. The van der Waals surface area contributed by atoms with Crippen LogP contribution in [0, 0.1) is 124 Å². The lowest BCUT2D eigenvalue weighted by Crippen LogP contribution is -2.71. The summed E-state index contributed by atoms with van der Waals surface area (Å²) in [6.45, 7) is 58.6. The number of ether oxygens (including phenoxy) is 5. The van der Waals surface area contributed by atoms with Crippen molar-refractivity contribution < 1.29 is 78.3 Å². The number of carbonyl (C=O) groups excluding carboxylic acids is 5. The van der Waals surface area contributed by atoms with E-state index in [1.807, 2.05) is 145 Å². The lowest BCUT2D eigenvalue weighted by Gasteiger charge is -2.73. The predicted molar refractivity (Wildman–Crippen MR) is 465 cm³/mol. The number of hydrogen-bond donors (Lipinski definition) is 6. The van der Waals surface area contributed by atoms with Crippen LogP contribution in [0.3, 0.4) is 0 Å². The number of aliphatic hydroxyl groups excluding tert-OH is 1. The topological polar surface area (TPSA) is 253 Å². The molecule has 0 amide bonds. The molecule has 20 saturated carbocycles. The van der Waals surface area contributed by atoms with Gasteiger partial charge in [-0.25, -0.2) is 0 Å². The molecule has 0 aromatic rings. The number of rotatable bonds is 23. The Morgan fingerprint density at radius 3 is 0.797 bits per heavy atom. The van der Waals surface area contributed by atoms with E-state index in [2.05, 4.69) is 55.4 Å². The second-order valence-corrected chi connectivity index (χ2v) is 52.0. The molecule has 118 heavy (non-hydrogen) atoms. The van der Waals surface area contributed by atoms with Crippen molar-refractivity contribution in [3.63, 3.8) is 0 Å². The van der Waals surface area contributed by atoms with Crippen molar-refractivity contribution in [2.75, 3.05) is 6.61 Å². The molecule has 0 radical (unpaired) electrons. The smallest absolute Gasteiger partial charge is 0.312 e. The molecule has 678 valence electrons. The number of aliphatic hydroxyl groups is 6. The summed E-state index contributed by atoms with van der Waals surface area (Å²) >= 11 is 0. The van der Waals surface area contributed by atoms with Gasteiger partial charge < -0.3 is 54.3 Å². The monoisotopic (exact) mass is 1660 g/mol. The summed E-state index contributed by atoms with van der Waals surface area (Å²) < 4.78 is 30.7. The minimum Gasteiger partial charge on any atom is -0.459 e. The van der Waals surface area contributed by atoms with Gasteiger partial charge in [-0.2, -0.15) is 0 Å². The lowest BCUT2D eigenvalue weighted by atomic mass is 9.33. The molecule has 20 rings (SSSR count). The third-order valence-electron chi connectivity index (χ3n) is 38.5. The van der Waals surface area contributed by atoms with Gasteiger partial charge in [0.2, 0.25) is 0 Å². The molecule has 0 heterocycles. The summed E-state index contributed by atoms with van der Waals surface area (Å²) in [5.41, 5.74) is -8.69. The Morgan fingerprint density at radius 1 is 0.271 bits per heavy atom. The van der Waals surface area contributed by atoms with Gasteiger partial charge in [0.05, 0.1) is 55.1 Å². The van der Waals surface area contributed by atoms with Gasteiger partial charge in [-0.3, -0.25) is 24.0 Å². The predicted octanol–water partition coefficient (Wildman–Crippen LogP) is 21.8. The third kappa shape index (κ3) is 17.4. The Hall–Kier alpha value is -2.89. The standard InChI is InChI=1S/C25H44O4.C22H38O3.C20H34O3.C19H32O3.C16H26O3/c1-10-19(2,3)18(26)29-22(8,9)25-13-17-11-23(15-25,20(4,5)27)14-24(12-17,16-25)21(6,7)28;1-8-18(2,3)17(23)25-20(6,7)22-12-15-9-16(13-22)11-21(10-15,14-22)19(4,5)24;1-6-17(2,3)16(22)23-18(4,5)20-10-14-7-15(11-20)9-19(8-14,12-20)13-21;1-6-16(2,3)15(20)22-17(4,5)18-8-13-7-14(9-18)11-19(21,10-13)12-18;1-4-14(2,3)13(17)19-16-8-11-5-12(9-16)7-15(18,6-11)10-16/h17,27-28H,10-16H2,1-9H3;15-16,24H,8-14H2,1-7H3;14-15,21H,6-13H2,1-5H3;13-14,21H,6-12H2,1-5H3;11-12,18H,4-10H2,1-3H3. The van der Waals surface area contributed by atoms with Crippen molar-refractivity contribution in [2.45, 2.75) is 482 Å². The highest BCUT2D eigenvalue weighted by Crippen LogP contribution is 2.78. The van der Waals surface area contributed by atoms with Crippen molar-refractivity contribution in [2.24, 2.45) is 124 Å². The van der Waals surface area contributed by atoms with Crippen molar-refractivity contribution in [3.05, 3.63) is 0 Å². The van der Waals surface area contributed by atoms with Gasteiger partial charge in [-0.1, -0.05) is 34.6 Å². The molecule has 16 heteroatoms. The Balaban J connectivity index is 0.000000145. The largest absolute Gasteiger partial charge is 0.459 e. The van der Waals surface area contributed by atoms with E-state index in [9.17, 15) is 54.6 Å². The molecule has 0 spiro atoms. The van der Waals surface area contributed by atoms with Gasteiger partial charge in [-0.05, 0) is 449 Å². The molecule has 6 N–H and O–H groups in total. The van der Waals surface area contributed by atoms with Crippen LogP contribution < -0.4 is 0 Å². The van der Waals surface area contributed by atoms with Crippen LogP contribution in [0.1, 0.15) is 426 Å². The van der Waals surface area contributed by atoms with Crippen LogP contribution in [-0.4, -0.2) is 123 Å². The Kier molecular flexibility index (Phi) is 24.9. The van der Waals surface area contributed by atoms with Gasteiger partial charge in [0.25, 0.3) is 0 Å². The highest BCUT2D eigenvalue weighted by molar-refractivity contribution is 5.78. The summed E-state index contributed by atoms with van der Waals surface area (Å²) in [5, 5.41) is 65.2. The first-order valence-corrected chi connectivity index (χ1v) is 47.8.